The predicted octanol–water partition coefficient (Wildman–Crippen LogP) is 3.70. The van der Waals surface area contributed by atoms with E-state index in [4.69, 9.17) is 14.3 Å². The maximum Gasteiger partial charge on any atom is 0.310 e. The number of benzene rings is 1. The van der Waals surface area contributed by atoms with Gasteiger partial charge in [0.25, 0.3) is 5.89 Å². The number of nitrogens with zero attached hydrogens (tertiary/aromatic N) is 4. The van der Waals surface area contributed by atoms with Crippen LogP contribution in [0.15, 0.2) is 33.8 Å². The second-order valence-electron chi connectivity index (χ2n) is 7.59. The summed E-state index contributed by atoms with van der Waals surface area (Å²) in [6.45, 7) is 9.35. The second kappa shape index (κ2) is 13.4. The third-order valence-corrected chi connectivity index (χ3v) is 5.32. The number of hydrogen-bond acceptors (Lipinski definition) is 6. The Labute approximate surface area is 207 Å². The molecule has 0 bridgehead atoms. The number of halogens is 1. The van der Waals surface area contributed by atoms with Gasteiger partial charge in [-0.2, -0.15) is 4.98 Å². The smallest absolute Gasteiger partial charge is 0.310 e. The monoisotopic (exact) mass is 555 g/mol. The maximum atomic E-state index is 12.1. The van der Waals surface area contributed by atoms with Crippen molar-refractivity contribution in [2.24, 2.45) is 10.9 Å². The molecule has 1 N–H and O–H groups in total. The fourth-order valence-electron chi connectivity index (χ4n) is 3.67. The summed E-state index contributed by atoms with van der Waals surface area (Å²) >= 11 is 0. The fraction of sp³-hybridized carbons (Fsp3) is 0.565. The maximum absolute atomic E-state index is 12.1. The zero-order chi connectivity index (χ0) is 22.1. The molecule has 0 aliphatic carbocycles. The Morgan fingerprint density at radius 2 is 2.06 bits per heavy atom. The number of hydrogen-bond donors (Lipinski definition) is 1. The number of ether oxygens (including phenoxy) is 1. The molecule has 1 aliphatic heterocycles. The zero-order valence-corrected chi connectivity index (χ0v) is 21.5. The minimum absolute atomic E-state index is 0. The van der Waals surface area contributed by atoms with E-state index in [0.29, 0.717) is 31.4 Å². The van der Waals surface area contributed by atoms with Gasteiger partial charge in [-0.3, -0.25) is 9.79 Å². The fourth-order valence-corrected chi connectivity index (χ4v) is 3.67. The van der Waals surface area contributed by atoms with E-state index in [2.05, 4.69) is 39.4 Å². The van der Waals surface area contributed by atoms with Crippen molar-refractivity contribution in [2.45, 2.75) is 46.5 Å². The summed E-state index contributed by atoms with van der Waals surface area (Å²) in [5.74, 6) is 1.95. The van der Waals surface area contributed by atoms with E-state index in [1.165, 1.54) is 5.56 Å². The second-order valence-corrected chi connectivity index (χ2v) is 7.59. The number of esters is 1. The van der Waals surface area contributed by atoms with E-state index in [1.54, 1.807) is 0 Å². The minimum Gasteiger partial charge on any atom is -0.466 e. The summed E-state index contributed by atoms with van der Waals surface area (Å²) in [5.41, 5.74) is 2.12. The molecular weight excluding hydrogens is 521 g/mol. The first-order chi connectivity index (χ1) is 15.1. The number of carbonyl (C=O) groups excluding carboxylic acids is 1. The average molecular weight is 555 g/mol. The van der Waals surface area contributed by atoms with E-state index in [9.17, 15) is 4.79 Å². The lowest BCUT2D eigenvalue weighted by Gasteiger charge is -2.34. The van der Waals surface area contributed by atoms with Gasteiger partial charge in [-0.15, -0.1) is 24.0 Å². The van der Waals surface area contributed by atoms with Crippen LogP contribution in [0.4, 0.5) is 0 Å². The number of aryl methyl sites for hydroxylation is 1. The molecule has 0 saturated carbocycles. The molecule has 1 aliphatic rings. The van der Waals surface area contributed by atoms with Gasteiger partial charge < -0.3 is 19.5 Å². The minimum atomic E-state index is -0.101. The lowest BCUT2D eigenvalue weighted by molar-refractivity contribution is -0.149. The molecule has 2 heterocycles. The predicted molar refractivity (Wildman–Crippen MR) is 135 cm³/mol. The highest BCUT2D eigenvalue weighted by molar-refractivity contribution is 14.0. The Bertz CT molecular complexity index is 869. The number of guanidine groups is 1. The van der Waals surface area contributed by atoms with Gasteiger partial charge in [0.05, 0.1) is 12.5 Å². The van der Waals surface area contributed by atoms with E-state index in [1.807, 2.05) is 26.0 Å². The molecule has 0 amide bonds. The summed E-state index contributed by atoms with van der Waals surface area (Å²) < 4.78 is 10.5. The topological polar surface area (TPSA) is 92.9 Å². The Balaban J connectivity index is 0.00000363. The van der Waals surface area contributed by atoms with Gasteiger partial charge in [0.1, 0.15) is 0 Å². The van der Waals surface area contributed by atoms with Gasteiger partial charge in [-0.25, -0.2) is 0 Å². The van der Waals surface area contributed by atoms with Crippen LogP contribution < -0.4 is 5.32 Å². The molecule has 0 radical (unpaired) electrons. The molecule has 1 atom stereocenters. The Morgan fingerprint density at radius 3 is 2.72 bits per heavy atom. The van der Waals surface area contributed by atoms with Crippen molar-refractivity contribution >= 4 is 35.9 Å². The number of likely N-dealkylation sites (tertiary alicyclic amines) is 1. The summed E-state index contributed by atoms with van der Waals surface area (Å²) in [6.07, 6.45) is 3.42. The largest absolute Gasteiger partial charge is 0.466 e. The molecule has 2 aromatic rings. The summed E-state index contributed by atoms with van der Waals surface area (Å²) in [6, 6.07) is 8.16. The van der Waals surface area contributed by atoms with Crippen LogP contribution in [-0.2, 0) is 22.4 Å². The molecule has 1 aromatic heterocycles. The molecule has 3 rings (SSSR count). The summed E-state index contributed by atoms with van der Waals surface area (Å²) in [5, 5.41) is 7.31. The van der Waals surface area contributed by atoms with Crippen LogP contribution >= 0.6 is 24.0 Å². The summed E-state index contributed by atoms with van der Waals surface area (Å²) in [4.78, 5) is 23.5. The van der Waals surface area contributed by atoms with Crippen molar-refractivity contribution in [1.82, 2.24) is 20.4 Å². The molecule has 1 unspecified atom stereocenters. The van der Waals surface area contributed by atoms with Gasteiger partial charge >= 0.3 is 5.97 Å². The van der Waals surface area contributed by atoms with E-state index >= 15 is 0 Å². The molecule has 32 heavy (non-hydrogen) atoms. The molecule has 0 spiro atoms. The van der Waals surface area contributed by atoms with Crippen molar-refractivity contribution in [3.8, 4) is 11.5 Å². The van der Waals surface area contributed by atoms with Crippen molar-refractivity contribution in [2.75, 3.05) is 32.8 Å². The van der Waals surface area contributed by atoms with Gasteiger partial charge in [0.2, 0.25) is 0 Å². The zero-order valence-electron chi connectivity index (χ0n) is 19.2. The van der Waals surface area contributed by atoms with Crippen molar-refractivity contribution in [3.05, 3.63) is 35.7 Å². The lowest BCUT2D eigenvalue weighted by atomic mass is 9.98. The van der Waals surface area contributed by atoms with Crippen LogP contribution in [-0.4, -0.2) is 59.8 Å². The van der Waals surface area contributed by atoms with Gasteiger partial charge in [0, 0.05) is 38.2 Å². The first-order valence-corrected chi connectivity index (χ1v) is 11.3. The highest BCUT2D eigenvalue weighted by Gasteiger charge is 2.28. The van der Waals surface area contributed by atoms with Crippen LogP contribution in [0.3, 0.4) is 0 Å². The number of carbonyl (C=O) groups is 1. The van der Waals surface area contributed by atoms with Gasteiger partial charge in [0.15, 0.2) is 11.8 Å². The standard InChI is InChI=1S/C23H33N5O3.HI/c1-4-20-26-21(31-27-20)18-11-9-17(10-12-18)13-14-25-23(24-5-2)28-15-7-8-19(16-28)22(29)30-6-3;/h9-12,19H,4-8,13-16H2,1-3H3,(H,24,25);1H. The quantitative estimate of drug-likeness (QED) is 0.230. The highest BCUT2D eigenvalue weighted by Crippen LogP contribution is 2.19. The summed E-state index contributed by atoms with van der Waals surface area (Å²) in [7, 11) is 0. The SMILES string of the molecule is CCNC(=NCCc1ccc(-c2nc(CC)no2)cc1)N1CCCC(C(=O)OCC)C1.I. The van der Waals surface area contributed by atoms with E-state index in [0.717, 1.165) is 50.3 Å². The van der Waals surface area contributed by atoms with E-state index < -0.39 is 0 Å². The number of piperidine rings is 1. The third-order valence-electron chi connectivity index (χ3n) is 5.32. The third kappa shape index (κ3) is 7.18. The Hall–Kier alpha value is -2.17. The number of rotatable bonds is 8. The number of nitrogens with one attached hydrogen (secondary N) is 1. The molecule has 176 valence electrons. The van der Waals surface area contributed by atoms with E-state index in [-0.39, 0.29) is 35.9 Å². The normalized spacial score (nSPS) is 16.4. The van der Waals surface area contributed by atoms with Crippen LogP contribution in [0.25, 0.3) is 11.5 Å². The van der Waals surface area contributed by atoms with Crippen LogP contribution in [0.1, 0.15) is 45.0 Å². The molecule has 1 fully saturated rings. The van der Waals surface area contributed by atoms with Crippen molar-refractivity contribution < 1.29 is 14.1 Å². The van der Waals surface area contributed by atoms with Crippen molar-refractivity contribution in [1.29, 1.82) is 0 Å². The van der Waals surface area contributed by atoms with Gasteiger partial charge in [-0.1, -0.05) is 24.2 Å². The van der Waals surface area contributed by atoms with Crippen LogP contribution in [0.2, 0.25) is 0 Å². The van der Waals surface area contributed by atoms with Gasteiger partial charge in [-0.05, 0) is 50.8 Å². The average Bonchev–Trinajstić information content (AvgIpc) is 3.29. The Morgan fingerprint density at radius 1 is 1.28 bits per heavy atom. The lowest BCUT2D eigenvalue weighted by Crippen LogP contribution is -2.48. The molecular formula is C23H34IN5O3. The first kappa shape index (κ1) is 26.1. The molecule has 9 heteroatoms. The number of aromatic nitrogens is 2. The molecule has 1 saturated heterocycles. The van der Waals surface area contributed by atoms with Crippen LogP contribution in [0, 0.1) is 5.92 Å². The molecule has 1 aromatic carbocycles. The Kier molecular flexibility index (Phi) is 10.9. The number of aliphatic imine (C=N–C) groups is 1. The highest BCUT2D eigenvalue weighted by atomic mass is 127. The molecule has 8 nitrogen and oxygen atoms in total. The van der Waals surface area contributed by atoms with Crippen LogP contribution in [0.5, 0.6) is 0 Å². The van der Waals surface area contributed by atoms with Crippen molar-refractivity contribution in [3.63, 3.8) is 0 Å². The first-order valence-electron chi connectivity index (χ1n) is 11.3.